The number of nitrogens with zero attached hydrogens (tertiary/aromatic N) is 1. The van der Waals surface area contributed by atoms with Gasteiger partial charge in [-0.1, -0.05) is 29.3 Å². The number of halogens is 2. The number of thiophene rings is 1. The fourth-order valence-corrected chi connectivity index (χ4v) is 7.32. The van der Waals surface area contributed by atoms with Crippen LogP contribution in [0.5, 0.6) is 0 Å². The van der Waals surface area contributed by atoms with E-state index in [1.165, 1.54) is 16.7 Å². The lowest BCUT2D eigenvalue weighted by atomic mass is 10.0. The molecule has 2 aromatic heterocycles. The van der Waals surface area contributed by atoms with Crippen molar-refractivity contribution in [3.05, 3.63) is 85.6 Å². The quantitative estimate of drug-likeness (QED) is 0.381. The number of benzene rings is 2. The van der Waals surface area contributed by atoms with Gasteiger partial charge in [-0.2, -0.15) is 0 Å². The molecule has 6 nitrogen and oxygen atoms in total. The number of pyridine rings is 1. The monoisotopic (exact) mass is 532 g/mol. The molecule has 0 saturated heterocycles. The van der Waals surface area contributed by atoms with E-state index in [4.69, 9.17) is 23.2 Å². The highest BCUT2D eigenvalue weighted by molar-refractivity contribution is 7.94. The summed E-state index contributed by atoms with van der Waals surface area (Å²) in [5.74, 6) is -1.08. The van der Waals surface area contributed by atoms with Crippen LogP contribution in [-0.2, 0) is 27.5 Å². The number of rotatable bonds is 6. The molecule has 0 spiro atoms. The molecule has 0 fully saturated rings. The van der Waals surface area contributed by atoms with Gasteiger partial charge in [0, 0.05) is 30.2 Å². The van der Waals surface area contributed by atoms with E-state index in [1.54, 1.807) is 24.4 Å². The molecule has 1 aliphatic rings. The van der Waals surface area contributed by atoms with Crippen molar-refractivity contribution in [1.82, 2.24) is 4.57 Å². The summed E-state index contributed by atoms with van der Waals surface area (Å²) < 4.78 is 26.8. The molecule has 10 heteroatoms. The van der Waals surface area contributed by atoms with Crippen molar-refractivity contribution in [2.75, 3.05) is 17.6 Å². The third-order valence-electron chi connectivity index (χ3n) is 5.77. The average molecular weight is 533 g/mol. The van der Waals surface area contributed by atoms with Crippen LogP contribution in [0.4, 0.5) is 5.69 Å². The molecule has 34 heavy (non-hydrogen) atoms. The number of anilines is 1. The van der Waals surface area contributed by atoms with Crippen molar-refractivity contribution in [3.8, 4) is 5.69 Å². The Balaban J connectivity index is 1.39. The molecule has 1 N–H and O–H groups in total. The SMILES string of the molecule is O=C(Cc1ccc(-n2ccc3c4c(ccc3c2=O)NCC4)c(Cl)c1)CS(=O)(=O)c1ccc(Cl)s1. The number of carbonyl (C=O) groups is 1. The van der Waals surface area contributed by atoms with Gasteiger partial charge in [0.15, 0.2) is 15.6 Å². The number of aromatic nitrogens is 1. The van der Waals surface area contributed by atoms with E-state index >= 15 is 0 Å². The van der Waals surface area contributed by atoms with Crippen LogP contribution in [0.2, 0.25) is 9.36 Å². The number of sulfone groups is 1. The number of nitrogens with one attached hydrogen (secondary N) is 1. The minimum atomic E-state index is -3.75. The maximum absolute atomic E-state index is 13.2. The summed E-state index contributed by atoms with van der Waals surface area (Å²) in [5.41, 5.74) is 3.07. The second kappa shape index (κ2) is 8.85. The first-order chi connectivity index (χ1) is 16.2. The molecule has 4 aromatic rings. The molecular weight excluding hydrogens is 515 g/mol. The van der Waals surface area contributed by atoms with Crippen LogP contribution in [0.15, 0.2) is 63.7 Å². The molecule has 0 radical (unpaired) electrons. The summed E-state index contributed by atoms with van der Waals surface area (Å²) in [6.07, 6.45) is 2.48. The Morgan fingerprint density at radius 1 is 1.06 bits per heavy atom. The zero-order chi connectivity index (χ0) is 24.0. The van der Waals surface area contributed by atoms with Crippen LogP contribution in [-0.4, -0.2) is 31.1 Å². The van der Waals surface area contributed by atoms with E-state index < -0.39 is 21.4 Å². The van der Waals surface area contributed by atoms with Gasteiger partial charge in [-0.3, -0.25) is 14.2 Å². The normalized spacial score (nSPS) is 13.1. The van der Waals surface area contributed by atoms with Crippen molar-refractivity contribution in [1.29, 1.82) is 0 Å². The van der Waals surface area contributed by atoms with E-state index in [0.29, 0.717) is 26.0 Å². The van der Waals surface area contributed by atoms with Crippen LogP contribution in [0.1, 0.15) is 11.1 Å². The van der Waals surface area contributed by atoms with E-state index in [2.05, 4.69) is 5.32 Å². The molecular formula is C24H18Cl2N2O4S2. The smallest absolute Gasteiger partial charge is 0.263 e. The van der Waals surface area contributed by atoms with E-state index in [-0.39, 0.29) is 16.2 Å². The fourth-order valence-electron chi connectivity index (χ4n) is 4.22. The van der Waals surface area contributed by atoms with Gasteiger partial charge in [0.25, 0.3) is 5.56 Å². The molecule has 0 amide bonds. The molecule has 174 valence electrons. The van der Waals surface area contributed by atoms with E-state index in [9.17, 15) is 18.0 Å². The number of Topliss-reactive ketones (excluding diaryl/α,β-unsaturated/α-hetero) is 1. The molecule has 2 aromatic carbocycles. The summed E-state index contributed by atoms with van der Waals surface area (Å²) in [5, 5.41) is 5.14. The predicted octanol–water partition coefficient (Wildman–Crippen LogP) is 4.91. The maximum atomic E-state index is 13.2. The molecule has 1 aliphatic heterocycles. The molecule has 0 aliphatic carbocycles. The molecule has 0 bridgehead atoms. The summed E-state index contributed by atoms with van der Waals surface area (Å²) in [7, 11) is -3.75. The third kappa shape index (κ3) is 4.27. The number of carbonyl (C=O) groups excluding carboxylic acids is 1. The Morgan fingerprint density at radius 3 is 2.62 bits per heavy atom. The van der Waals surface area contributed by atoms with Gasteiger partial charge in [-0.25, -0.2) is 8.42 Å². The zero-order valence-electron chi connectivity index (χ0n) is 17.7. The Hall–Kier alpha value is -2.65. The Labute approximate surface area is 209 Å². The lowest BCUT2D eigenvalue weighted by molar-refractivity contribution is -0.116. The van der Waals surface area contributed by atoms with Gasteiger partial charge in [-0.05, 0) is 65.4 Å². The first-order valence-corrected chi connectivity index (χ1v) is 13.6. The summed E-state index contributed by atoms with van der Waals surface area (Å²) in [6.45, 7) is 0.853. The van der Waals surface area contributed by atoms with Gasteiger partial charge < -0.3 is 5.32 Å². The number of hydrogen-bond donors (Lipinski definition) is 1. The number of hydrogen-bond acceptors (Lipinski definition) is 6. The van der Waals surface area contributed by atoms with Crippen LogP contribution < -0.4 is 10.9 Å². The molecule has 3 heterocycles. The largest absolute Gasteiger partial charge is 0.384 e. The third-order valence-corrected chi connectivity index (χ3v) is 9.56. The summed E-state index contributed by atoms with van der Waals surface area (Å²) in [6, 6.07) is 13.5. The molecule has 0 atom stereocenters. The Bertz CT molecular complexity index is 1620. The lowest BCUT2D eigenvalue weighted by Gasteiger charge is -2.12. The van der Waals surface area contributed by atoms with Gasteiger partial charge in [-0.15, -0.1) is 11.3 Å². The van der Waals surface area contributed by atoms with E-state index in [1.807, 2.05) is 18.2 Å². The van der Waals surface area contributed by atoms with Crippen molar-refractivity contribution >= 4 is 66.6 Å². The van der Waals surface area contributed by atoms with Gasteiger partial charge in [0.1, 0.15) is 9.96 Å². The molecule has 5 rings (SSSR count). The second-order valence-corrected chi connectivity index (χ2v) is 12.4. The number of ketones is 1. The van der Waals surface area contributed by atoms with Crippen molar-refractivity contribution in [3.63, 3.8) is 0 Å². The van der Waals surface area contributed by atoms with Gasteiger partial charge >= 0.3 is 0 Å². The zero-order valence-corrected chi connectivity index (χ0v) is 20.8. The first-order valence-electron chi connectivity index (χ1n) is 10.4. The van der Waals surface area contributed by atoms with Crippen LogP contribution >= 0.6 is 34.5 Å². The highest BCUT2D eigenvalue weighted by atomic mass is 35.5. The number of fused-ring (bicyclic) bond motifs is 3. The lowest BCUT2D eigenvalue weighted by Crippen LogP contribution is -2.19. The Kier molecular flexibility index (Phi) is 6.02. The molecule has 0 unspecified atom stereocenters. The highest BCUT2D eigenvalue weighted by Crippen LogP contribution is 2.30. The Morgan fingerprint density at radius 2 is 1.88 bits per heavy atom. The van der Waals surface area contributed by atoms with Crippen molar-refractivity contribution in [2.45, 2.75) is 17.1 Å². The van der Waals surface area contributed by atoms with Crippen LogP contribution in [0.3, 0.4) is 0 Å². The van der Waals surface area contributed by atoms with Crippen molar-refractivity contribution < 1.29 is 13.2 Å². The van der Waals surface area contributed by atoms with Crippen LogP contribution in [0, 0.1) is 0 Å². The highest BCUT2D eigenvalue weighted by Gasteiger charge is 2.22. The minimum absolute atomic E-state index is 0.0660. The standard InChI is InChI=1S/C24H18Cl2N2O4S2/c25-19-12-14(11-15(29)13-34(31,32)23-6-5-22(26)33-23)1-4-21(19)28-10-8-16-17-7-9-27-20(17)3-2-18(16)24(28)30/h1-6,8,10,12,27H,7,9,11,13H2. The van der Waals surface area contributed by atoms with Gasteiger partial charge in [0.2, 0.25) is 0 Å². The molecule has 0 saturated carbocycles. The maximum Gasteiger partial charge on any atom is 0.263 e. The van der Waals surface area contributed by atoms with E-state index in [0.717, 1.165) is 40.9 Å². The summed E-state index contributed by atoms with van der Waals surface area (Å²) in [4.78, 5) is 25.6. The summed E-state index contributed by atoms with van der Waals surface area (Å²) >= 11 is 13.2. The predicted molar refractivity (Wildman–Crippen MR) is 137 cm³/mol. The van der Waals surface area contributed by atoms with Crippen molar-refractivity contribution in [2.24, 2.45) is 0 Å². The van der Waals surface area contributed by atoms with Gasteiger partial charge in [0.05, 0.1) is 15.0 Å². The topological polar surface area (TPSA) is 85.2 Å². The fraction of sp³-hybridized carbons (Fsp3) is 0.167. The minimum Gasteiger partial charge on any atom is -0.384 e. The second-order valence-electron chi connectivity index (χ2n) is 8.04. The first kappa shape index (κ1) is 23.1. The average Bonchev–Trinajstić information content (AvgIpc) is 3.43. The van der Waals surface area contributed by atoms with Crippen LogP contribution in [0.25, 0.3) is 16.5 Å².